The van der Waals surface area contributed by atoms with Crippen LogP contribution in [0.2, 0.25) is 0 Å². The van der Waals surface area contributed by atoms with Crippen molar-refractivity contribution in [3.8, 4) is 0 Å². The molecule has 6 rings (SSSR count). The molecule has 3 N–H and O–H groups in total. The van der Waals surface area contributed by atoms with Crippen molar-refractivity contribution in [3.63, 3.8) is 0 Å². The predicted octanol–water partition coefficient (Wildman–Crippen LogP) is 1.92. The monoisotopic (exact) mass is 715 g/mol. The zero-order valence-corrected chi connectivity index (χ0v) is 29.1. The lowest BCUT2D eigenvalue weighted by Crippen LogP contribution is -2.74. The van der Waals surface area contributed by atoms with Gasteiger partial charge in [-0.25, -0.2) is 4.79 Å². The van der Waals surface area contributed by atoms with Gasteiger partial charge in [0.05, 0.1) is 16.6 Å². The van der Waals surface area contributed by atoms with E-state index in [9.17, 15) is 18.6 Å². The highest BCUT2D eigenvalue weighted by molar-refractivity contribution is 7.86. The minimum absolute atomic E-state index is 0.0122. The second-order valence-corrected chi connectivity index (χ2v) is 13.9. The largest absolute Gasteiger partial charge is 0.448 e. The molecule has 4 heterocycles. The molecule has 4 aromatic rings. The van der Waals surface area contributed by atoms with Crippen LogP contribution < -0.4 is 20.5 Å². The molecule has 0 saturated carbocycles. The normalized spacial score (nSPS) is 18.7. The molecule has 16 heteroatoms. The van der Waals surface area contributed by atoms with E-state index >= 15 is 0 Å². The molecule has 0 radical (unpaired) electrons. The van der Waals surface area contributed by atoms with E-state index < -0.39 is 46.1 Å². The van der Waals surface area contributed by atoms with Crippen LogP contribution in [0, 0.1) is 0 Å². The molecule has 2 aliphatic rings. The van der Waals surface area contributed by atoms with E-state index in [0.29, 0.717) is 5.57 Å². The fourth-order valence-corrected chi connectivity index (χ4v) is 7.76. The summed E-state index contributed by atoms with van der Waals surface area (Å²) in [5.41, 5.74) is 8.23. The average molecular weight is 716 g/mol. The van der Waals surface area contributed by atoms with Crippen molar-refractivity contribution in [2.24, 2.45) is 5.16 Å². The van der Waals surface area contributed by atoms with Gasteiger partial charge in [-0.2, -0.15) is 13.9 Å². The molecular formula is C34H35N8O6S2+. The lowest BCUT2D eigenvalue weighted by molar-refractivity contribution is -0.688. The number of carbonyl (C=O) groups excluding carboxylic acids is 3. The van der Waals surface area contributed by atoms with Gasteiger partial charge in [0.15, 0.2) is 30.2 Å². The smallest absolute Gasteiger partial charge is 0.356 e. The summed E-state index contributed by atoms with van der Waals surface area (Å²) in [7, 11) is 2.10. The Morgan fingerprint density at radius 2 is 1.80 bits per heavy atom. The molecular weight excluding hydrogens is 681 g/mol. The minimum Gasteiger partial charge on any atom is -0.448 e. The number of anilines is 2. The third-order valence-electron chi connectivity index (χ3n) is 8.00. The summed E-state index contributed by atoms with van der Waals surface area (Å²) in [6.45, 7) is 2.00. The number of nitrogens with zero attached hydrogens (tertiary/aromatic N) is 6. The van der Waals surface area contributed by atoms with Crippen molar-refractivity contribution in [3.05, 3.63) is 113 Å². The standard InChI is InChI=1S/C34H34N8O6S2/c1-4-47-38-25(29-37-34(35)49-39-29)30(43)36-26-31(44)42-27(23(20-50(46)32(26)42)18-41-17-11-16-24(19-41)40(2)3)33(45)48-28(21-12-7-5-8-13-21)22-14-9-6-10-15-22/h5-17,19,26,28,32H,4,18,20H2,1-3H3,(H2-,35,36,37,39,43)/p+1/t26?,32-,50?/m0/s1. The Morgan fingerprint density at radius 1 is 1.12 bits per heavy atom. The maximum Gasteiger partial charge on any atom is 0.356 e. The second-order valence-electron chi connectivity index (χ2n) is 11.6. The van der Waals surface area contributed by atoms with E-state index in [-0.39, 0.29) is 41.3 Å². The molecule has 0 aliphatic carbocycles. The second kappa shape index (κ2) is 15.0. The highest BCUT2D eigenvalue weighted by Crippen LogP contribution is 2.37. The van der Waals surface area contributed by atoms with Gasteiger partial charge in [0.25, 0.3) is 11.8 Å². The molecule has 258 valence electrons. The summed E-state index contributed by atoms with van der Waals surface area (Å²) >= 11 is 0.864. The fraction of sp³-hybridized carbons (Fsp3) is 0.265. The van der Waals surface area contributed by atoms with Gasteiger partial charge in [-0.05, 0) is 24.1 Å². The summed E-state index contributed by atoms with van der Waals surface area (Å²) in [5.74, 6) is -2.35. The Labute approximate surface area is 294 Å². The maximum absolute atomic E-state index is 14.4. The van der Waals surface area contributed by atoms with Gasteiger partial charge in [-0.1, -0.05) is 65.8 Å². The lowest BCUT2D eigenvalue weighted by Gasteiger charge is -2.49. The number of rotatable bonds is 12. The Morgan fingerprint density at radius 3 is 2.40 bits per heavy atom. The summed E-state index contributed by atoms with van der Waals surface area (Å²) in [5, 5.41) is 5.51. The number of hydrogen-bond acceptors (Lipinski definition) is 12. The number of nitrogen functional groups attached to an aromatic ring is 1. The van der Waals surface area contributed by atoms with Crippen molar-refractivity contribution >= 4 is 56.6 Å². The van der Waals surface area contributed by atoms with Crippen LogP contribution in [-0.2, 0) is 41.3 Å². The topological polar surface area (TPSA) is 173 Å². The molecule has 0 spiro atoms. The number of amides is 2. The first-order valence-electron chi connectivity index (χ1n) is 15.7. The van der Waals surface area contributed by atoms with Crippen LogP contribution in [-0.4, -0.2) is 79.8 Å². The number of benzene rings is 2. The number of pyridine rings is 1. The van der Waals surface area contributed by atoms with Crippen LogP contribution in [0.25, 0.3) is 0 Å². The first kappa shape index (κ1) is 34.4. The van der Waals surface area contributed by atoms with Gasteiger partial charge in [-0.3, -0.25) is 18.7 Å². The highest BCUT2D eigenvalue weighted by Gasteiger charge is 2.58. The number of nitrogens with one attached hydrogen (secondary N) is 1. The average Bonchev–Trinajstić information content (AvgIpc) is 3.55. The highest BCUT2D eigenvalue weighted by atomic mass is 32.2. The van der Waals surface area contributed by atoms with Gasteiger partial charge in [0.2, 0.25) is 11.5 Å². The third-order valence-corrected chi connectivity index (χ3v) is 10.2. The van der Waals surface area contributed by atoms with Crippen molar-refractivity contribution in [1.82, 2.24) is 19.6 Å². The predicted molar refractivity (Wildman–Crippen MR) is 187 cm³/mol. The fourth-order valence-electron chi connectivity index (χ4n) is 5.66. The van der Waals surface area contributed by atoms with Crippen molar-refractivity contribution in [1.29, 1.82) is 0 Å². The van der Waals surface area contributed by atoms with Crippen molar-refractivity contribution < 1.29 is 32.7 Å². The van der Waals surface area contributed by atoms with Crippen LogP contribution in [0.3, 0.4) is 0 Å². The van der Waals surface area contributed by atoms with Crippen LogP contribution in [0.1, 0.15) is 30.0 Å². The van der Waals surface area contributed by atoms with E-state index in [0.717, 1.165) is 28.3 Å². The van der Waals surface area contributed by atoms with Crippen molar-refractivity contribution in [2.75, 3.05) is 37.1 Å². The lowest BCUT2D eigenvalue weighted by atomic mass is 10.0. The number of fused-ring (bicyclic) bond motifs is 1. The van der Waals surface area contributed by atoms with Crippen molar-refractivity contribution in [2.45, 2.75) is 31.0 Å². The first-order chi connectivity index (χ1) is 24.2. The van der Waals surface area contributed by atoms with Gasteiger partial charge >= 0.3 is 5.97 Å². The van der Waals surface area contributed by atoms with Gasteiger partial charge in [0, 0.05) is 37.3 Å². The Balaban J connectivity index is 1.35. The molecule has 2 aliphatic heterocycles. The SMILES string of the molecule is CCON=C(C(=O)NC1C(=O)N2C(C(=O)OC(c3ccccc3)c3ccccc3)=C(C[n+]3cccc(N(C)C)c3)CS(=O)[C@@H]12)c1nsc(N)n1. The zero-order chi connectivity index (χ0) is 35.4. The summed E-state index contributed by atoms with van der Waals surface area (Å²) in [6, 6.07) is 21.1. The molecule has 1 saturated heterocycles. The van der Waals surface area contributed by atoms with E-state index in [2.05, 4.69) is 19.8 Å². The molecule has 2 aromatic carbocycles. The van der Waals surface area contributed by atoms with E-state index in [4.69, 9.17) is 15.3 Å². The molecule has 2 amide bonds. The van der Waals surface area contributed by atoms with E-state index in [1.807, 2.05) is 109 Å². The number of carbonyl (C=O) groups is 3. The van der Waals surface area contributed by atoms with Crippen LogP contribution in [0.15, 0.2) is 102 Å². The quantitative estimate of drug-likeness (QED) is 0.0726. The number of aromatic nitrogens is 3. The molecule has 1 fully saturated rings. The number of ether oxygens (including phenoxy) is 1. The summed E-state index contributed by atoms with van der Waals surface area (Å²) in [6.07, 6.45) is 2.92. The Hall–Kier alpha value is -5.48. The van der Waals surface area contributed by atoms with E-state index in [1.54, 1.807) is 6.92 Å². The van der Waals surface area contributed by atoms with Gasteiger partial charge < -0.3 is 25.5 Å². The summed E-state index contributed by atoms with van der Waals surface area (Å²) < 4.78 is 26.0. The van der Waals surface area contributed by atoms with Gasteiger partial charge in [0.1, 0.15) is 29.4 Å². The molecule has 50 heavy (non-hydrogen) atoms. The molecule has 3 atom stereocenters. The minimum atomic E-state index is -1.71. The number of hydrogen-bond donors (Lipinski definition) is 2. The van der Waals surface area contributed by atoms with Gasteiger partial charge in [-0.15, -0.1) is 0 Å². The molecule has 14 nitrogen and oxygen atoms in total. The third kappa shape index (κ3) is 7.11. The summed E-state index contributed by atoms with van der Waals surface area (Å²) in [4.78, 5) is 54.0. The number of oxime groups is 1. The number of β-lactam (4-membered cyclic amide) rings is 1. The Bertz CT molecular complexity index is 1950. The zero-order valence-electron chi connectivity index (χ0n) is 27.5. The number of nitrogens with two attached hydrogens (primary N) is 1. The Kier molecular flexibility index (Phi) is 10.3. The molecule has 2 unspecified atom stereocenters. The van der Waals surface area contributed by atoms with Crippen LogP contribution in [0.5, 0.6) is 0 Å². The first-order valence-corrected chi connectivity index (χ1v) is 17.8. The maximum atomic E-state index is 14.4. The van der Waals surface area contributed by atoms with E-state index in [1.165, 1.54) is 4.90 Å². The molecule has 0 bridgehead atoms. The number of esters is 1. The van der Waals surface area contributed by atoms with Crippen LogP contribution >= 0.6 is 11.5 Å². The van der Waals surface area contributed by atoms with Crippen LogP contribution in [0.4, 0.5) is 10.8 Å². The molecule has 2 aromatic heterocycles.